The summed E-state index contributed by atoms with van der Waals surface area (Å²) < 4.78 is 0. The molecule has 1 fully saturated rings. The first-order chi connectivity index (χ1) is 9.21. The minimum atomic E-state index is -0.0174. The van der Waals surface area contributed by atoms with Crippen molar-refractivity contribution in [1.82, 2.24) is 10.2 Å². The highest BCUT2D eigenvalue weighted by Crippen LogP contribution is 2.34. The molecule has 1 N–H and O–H groups in total. The van der Waals surface area contributed by atoms with Gasteiger partial charge in [0.15, 0.2) is 0 Å². The highest BCUT2D eigenvalue weighted by molar-refractivity contribution is 5.81. The van der Waals surface area contributed by atoms with Crippen LogP contribution in [0.4, 0.5) is 0 Å². The van der Waals surface area contributed by atoms with E-state index in [9.17, 15) is 4.79 Å². The molecule has 0 bridgehead atoms. The van der Waals surface area contributed by atoms with Gasteiger partial charge in [0.1, 0.15) is 0 Å². The first-order valence-electron chi connectivity index (χ1n) is 8.18. The number of carbonyl (C=O) groups excluding carboxylic acids is 1. The third-order valence-electron chi connectivity index (χ3n) is 4.46. The van der Waals surface area contributed by atoms with E-state index >= 15 is 0 Å². The molecule has 0 aromatic rings. The Bertz CT molecular complexity index is 310. The van der Waals surface area contributed by atoms with E-state index < -0.39 is 0 Å². The number of nitrogens with zero attached hydrogens (tertiary/aromatic N) is 1. The fraction of sp³-hybridized carbons (Fsp3) is 0.941. The monoisotopic (exact) mass is 282 g/mol. The molecule has 3 heteroatoms. The molecule has 0 radical (unpaired) electrons. The van der Waals surface area contributed by atoms with Crippen LogP contribution in [0.15, 0.2) is 0 Å². The molecule has 0 spiro atoms. The molecule has 0 heterocycles. The fourth-order valence-electron chi connectivity index (χ4n) is 3.14. The van der Waals surface area contributed by atoms with Gasteiger partial charge in [-0.25, -0.2) is 0 Å². The highest BCUT2D eigenvalue weighted by atomic mass is 16.2. The van der Waals surface area contributed by atoms with Gasteiger partial charge in [-0.3, -0.25) is 4.79 Å². The SMILES string of the molecule is CC(C)CC(NC1CCCC(C)(C)CC1)C(=O)N(C)C. The van der Waals surface area contributed by atoms with Crippen molar-refractivity contribution in [1.29, 1.82) is 0 Å². The summed E-state index contributed by atoms with van der Waals surface area (Å²) >= 11 is 0. The molecule has 1 saturated carbocycles. The first kappa shape index (κ1) is 17.5. The lowest BCUT2D eigenvalue weighted by Crippen LogP contribution is -2.48. The lowest BCUT2D eigenvalue weighted by Gasteiger charge is -2.28. The smallest absolute Gasteiger partial charge is 0.239 e. The zero-order chi connectivity index (χ0) is 15.3. The van der Waals surface area contributed by atoms with Crippen LogP contribution in [0.1, 0.15) is 66.2 Å². The standard InChI is InChI=1S/C17H34N2O/c1-13(2)12-15(16(20)19(5)6)18-14-8-7-10-17(3,4)11-9-14/h13-15,18H,7-12H2,1-6H3. The maximum absolute atomic E-state index is 12.3. The second kappa shape index (κ2) is 7.44. The lowest BCUT2D eigenvalue weighted by atomic mass is 9.85. The molecule has 0 aromatic carbocycles. The third-order valence-corrected chi connectivity index (χ3v) is 4.46. The van der Waals surface area contributed by atoms with E-state index in [-0.39, 0.29) is 11.9 Å². The number of amides is 1. The summed E-state index contributed by atoms with van der Waals surface area (Å²) in [5.74, 6) is 0.765. The van der Waals surface area contributed by atoms with Gasteiger partial charge in [0.05, 0.1) is 6.04 Å². The van der Waals surface area contributed by atoms with Gasteiger partial charge in [-0.05, 0) is 43.4 Å². The number of hydrogen-bond donors (Lipinski definition) is 1. The predicted molar refractivity (Wildman–Crippen MR) is 85.7 cm³/mol. The largest absolute Gasteiger partial charge is 0.347 e. The van der Waals surface area contributed by atoms with Gasteiger partial charge in [0, 0.05) is 20.1 Å². The summed E-state index contributed by atoms with van der Waals surface area (Å²) in [5, 5.41) is 3.65. The van der Waals surface area contributed by atoms with E-state index in [2.05, 4.69) is 33.0 Å². The first-order valence-corrected chi connectivity index (χ1v) is 8.18. The summed E-state index contributed by atoms with van der Waals surface area (Å²) in [6, 6.07) is 0.487. The summed E-state index contributed by atoms with van der Waals surface area (Å²) in [5.41, 5.74) is 0.468. The van der Waals surface area contributed by atoms with E-state index in [0.29, 0.717) is 17.4 Å². The van der Waals surface area contributed by atoms with E-state index in [1.54, 1.807) is 4.90 Å². The van der Waals surface area contributed by atoms with Crippen molar-refractivity contribution in [2.45, 2.75) is 78.3 Å². The van der Waals surface area contributed by atoms with E-state index in [1.807, 2.05) is 14.1 Å². The Morgan fingerprint density at radius 3 is 2.45 bits per heavy atom. The Morgan fingerprint density at radius 1 is 1.25 bits per heavy atom. The summed E-state index contributed by atoms with van der Waals surface area (Å²) in [7, 11) is 3.71. The van der Waals surface area contributed by atoms with Crippen molar-refractivity contribution < 1.29 is 4.79 Å². The number of carbonyl (C=O) groups is 1. The van der Waals surface area contributed by atoms with Crippen molar-refractivity contribution in [3.05, 3.63) is 0 Å². The molecule has 0 aliphatic heterocycles. The van der Waals surface area contributed by atoms with Crippen LogP contribution in [-0.4, -0.2) is 37.0 Å². The van der Waals surface area contributed by atoms with E-state index in [4.69, 9.17) is 0 Å². The highest BCUT2D eigenvalue weighted by Gasteiger charge is 2.28. The number of rotatable bonds is 5. The van der Waals surface area contributed by atoms with Crippen LogP contribution in [0.3, 0.4) is 0 Å². The number of hydrogen-bond acceptors (Lipinski definition) is 2. The van der Waals surface area contributed by atoms with Gasteiger partial charge in [-0.1, -0.05) is 34.1 Å². The molecule has 1 rings (SSSR count). The van der Waals surface area contributed by atoms with Gasteiger partial charge in [0.2, 0.25) is 5.91 Å². The van der Waals surface area contributed by atoms with E-state index in [0.717, 1.165) is 6.42 Å². The molecule has 0 aromatic heterocycles. The average molecular weight is 282 g/mol. The zero-order valence-corrected chi connectivity index (χ0v) is 14.3. The molecule has 1 amide bonds. The van der Waals surface area contributed by atoms with Gasteiger partial charge in [0.25, 0.3) is 0 Å². The fourth-order valence-corrected chi connectivity index (χ4v) is 3.14. The van der Waals surface area contributed by atoms with Crippen LogP contribution in [0.2, 0.25) is 0 Å². The molecule has 2 atom stereocenters. The maximum Gasteiger partial charge on any atom is 0.239 e. The van der Waals surface area contributed by atoms with Crippen LogP contribution in [0, 0.1) is 11.3 Å². The summed E-state index contributed by atoms with van der Waals surface area (Å²) in [6.07, 6.45) is 7.17. The Morgan fingerprint density at radius 2 is 1.90 bits per heavy atom. The number of likely N-dealkylation sites (N-methyl/N-ethyl adjacent to an activating group) is 1. The van der Waals surface area contributed by atoms with Crippen LogP contribution in [0.5, 0.6) is 0 Å². The van der Waals surface area contributed by atoms with Crippen molar-refractivity contribution >= 4 is 5.91 Å². The minimum Gasteiger partial charge on any atom is -0.347 e. The molecular weight excluding hydrogens is 248 g/mol. The van der Waals surface area contributed by atoms with Gasteiger partial charge in [-0.15, -0.1) is 0 Å². The second-order valence-electron chi connectivity index (χ2n) is 7.87. The molecule has 118 valence electrons. The van der Waals surface area contributed by atoms with Gasteiger partial charge < -0.3 is 10.2 Å². The Labute approximate surface area is 125 Å². The van der Waals surface area contributed by atoms with Gasteiger partial charge >= 0.3 is 0 Å². The molecule has 20 heavy (non-hydrogen) atoms. The van der Waals surface area contributed by atoms with Crippen LogP contribution in [-0.2, 0) is 4.79 Å². The average Bonchev–Trinajstić information content (AvgIpc) is 2.48. The Balaban J connectivity index is 2.62. The van der Waals surface area contributed by atoms with Crippen molar-refractivity contribution in [2.24, 2.45) is 11.3 Å². The second-order valence-corrected chi connectivity index (χ2v) is 7.87. The normalized spacial score (nSPS) is 24.2. The van der Waals surface area contributed by atoms with Crippen molar-refractivity contribution in [3.63, 3.8) is 0 Å². The summed E-state index contributed by atoms with van der Waals surface area (Å²) in [6.45, 7) is 9.11. The molecular formula is C17H34N2O. The Kier molecular flexibility index (Phi) is 6.50. The number of nitrogens with one attached hydrogen (secondary N) is 1. The topological polar surface area (TPSA) is 32.3 Å². The maximum atomic E-state index is 12.3. The molecule has 1 aliphatic carbocycles. The minimum absolute atomic E-state index is 0.0174. The van der Waals surface area contributed by atoms with Crippen molar-refractivity contribution in [2.75, 3.05) is 14.1 Å². The van der Waals surface area contributed by atoms with Gasteiger partial charge in [-0.2, -0.15) is 0 Å². The van der Waals surface area contributed by atoms with Crippen molar-refractivity contribution in [3.8, 4) is 0 Å². The Hall–Kier alpha value is -0.570. The quantitative estimate of drug-likeness (QED) is 0.783. The summed E-state index contributed by atoms with van der Waals surface area (Å²) in [4.78, 5) is 14.1. The third kappa shape index (κ3) is 5.82. The van der Waals surface area contributed by atoms with E-state index in [1.165, 1.54) is 32.1 Å². The van der Waals surface area contributed by atoms with Crippen LogP contribution < -0.4 is 5.32 Å². The molecule has 0 saturated heterocycles. The lowest BCUT2D eigenvalue weighted by molar-refractivity contribution is -0.131. The molecule has 3 nitrogen and oxygen atoms in total. The van der Waals surface area contributed by atoms with Crippen LogP contribution >= 0.6 is 0 Å². The predicted octanol–water partition coefficient (Wildman–Crippen LogP) is 3.44. The molecule has 1 aliphatic rings. The molecule has 2 unspecified atom stereocenters. The zero-order valence-electron chi connectivity index (χ0n) is 14.3. The van der Waals surface area contributed by atoms with Crippen LogP contribution in [0.25, 0.3) is 0 Å².